The largest absolute Gasteiger partial charge is 0.310 e. The number of hydrogen-bond donors (Lipinski definition) is 0. The average molecular weight is 798 g/mol. The summed E-state index contributed by atoms with van der Waals surface area (Å²) in [5.41, 5.74) is 23.4. The first-order chi connectivity index (χ1) is 30.5. The summed E-state index contributed by atoms with van der Waals surface area (Å²) in [6, 6.07) is 69.8. The van der Waals surface area contributed by atoms with Gasteiger partial charge in [-0.25, -0.2) is 0 Å². The van der Waals surface area contributed by atoms with E-state index in [1.807, 2.05) is 0 Å². The molecule has 14 rings (SSSR count). The first-order valence-electron chi connectivity index (χ1n) is 23.1. The van der Waals surface area contributed by atoms with E-state index >= 15 is 0 Å². The van der Waals surface area contributed by atoms with Crippen LogP contribution in [0.5, 0.6) is 0 Å². The molecule has 0 unspecified atom stereocenters. The van der Waals surface area contributed by atoms with Crippen molar-refractivity contribution >= 4 is 17.1 Å². The number of nitrogens with zero attached hydrogens (tertiary/aromatic N) is 1. The number of anilines is 3. The third-order valence-corrected chi connectivity index (χ3v) is 16.0. The third kappa shape index (κ3) is 5.21. The Morgan fingerprint density at radius 1 is 0.387 bits per heavy atom. The zero-order chi connectivity index (χ0) is 41.2. The second-order valence-corrected chi connectivity index (χ2v) is 19.6. The van der Waals surface area contributed by atoms with Gasteiger partial charge < -0.3 is 4.90 Å². The molecule has 0 amide bonds. The number of para-hydroxylation sites is 1. The van der Waals surface area contributed by atoms with Crippen molar-refractivity contribution in [1.29, 1.82) is 0 Å². The van der Waals surface area contributed by atoms with E-state index in [0.29, 0.717) is 5.41 Å². The second-order valence-electron chi connectivity index (χ2n) is 19.6. The van der Waals surface area contributed by atoms with Gasteiger partial charge in [-0.2, -0.15) is 0 Å². The van der Waals surface area contributed by atoms with Crippen molar-refractivity contribution in [1.82, 2.24) is 0 Å². The van der Waals surface area contributed by atoms with Crippen molar-refractivity contribution in [3.8, 4) is 44.5 Å². The molecule has 0 aliphatic heterocycles. The summed E-state index contributed by atoms with van der Waals surface area (Å²) >= 11 is 0. The summed E-state index contributed by atoms with van der Waals surface area (Å²) in [5, 5.41) is 0. The van der Waals surface area contributed by atoms with Crippen LogP contribution in [-0.4, -0.2) is 0 Å². The lowest BCUT2D eigenvalue weighted by Gasteiger charge is -2.57. The summed E-state index contributed by atoms with van der Waals surface area (Å²) in [5.74, 6) is 2.74. The van der Waals surface area contributed by atoms with Crippen LogP contribution in [0, 0.1) is 31.6 Å². The molecule has 0 atom stereocenters. The van der Waals surface area contributed by atoms with Gasteiger partial charge in [0.15, 0.2) is 0 Å². The number of aryl methyl sites for hydroxylation is 2. The van der Waals surface area contributed by atoms with Crippen LogP contribution in [0.15, 0.2) is 182 Å². The van der Waals surface area contributed by atoms with E-state index < -0.39 is 5.41 Å². The first kappa shape index (κ1) is 36.2. The molecule has 8 aromatic rings. The number of hydrogen-bond acceptors (Lipinski definition) is 1. The quantitative estimate of drug-likeness (QED) is 0.162. The molecule has 6 aliphatic carbocycles. The summed E-state index contributed by atoms with van der Waals surface area (Å²) in [4.78, 5) is 2.57. The minimum absolute atomic E-state index is 0.343. The zero-order valence-electron chi connectivity index (χ0n) is 35.7. The molecule has 1 spiro atoms. The summed E-state index contributed by atoms with van der Waals surface area (Å²) in [7, 11) is 0. The van der Waals surface area contributed by atoms with Crippen LogP contribution >= 0.6 is 0 Å². The number of fused-ring (bicyclic) bond motifs is 10. The molecule has 8 aromatic carbocycles. The second kappa shape index (κ2) is 13.5. The molecule has 0 heterocycles. The molecule has 6 aliphatic rings. The van der Waals surface area contributed by atoms with Gasteiger partial charge in [-0.1, -0.05) is 163 Å². The van der Waals surface area contributed by atoms with Crippen LogP contribution in [0.4, 0.5) is 17.1 Å². The van der Waals surface area contributed by atoms with Crippen LogP contribution in [0.2, 0.25) is 0 Å². The Balaban J connectivity index is 1.04. The van der Waals surface area contributed by atoms with Gasteiger partial charge in [0.25, 0.3) is 0 Å². The van der Waals surface area contributed by atoms with Crippen LogP contribution in [0.1, 0.15) is 77.5 Å². The lowest BCUT2D eigenvalue weighted by molar-refractivity contribution is -0.00518. The van der Waals surface area contributed by atoms with Crippen LogP contribution in [-0.2, 0) is 10.8 Å². The maximum Gasteiger partial charge on any atom is 0.0726 e. The molecular weight excluding hydrogens is 747 g/mol. The highest BCUT2D eigenvalue weighted by atomic mass is 15.1. The molecule has 0 N–H and O–H groups in total. The van der Waals surface area contributed by atoms with Gasteiger partial charge in [0, 0.05) is 16.9 Å². The fourth-order valence-electron chi connectivity index (χ4n) is 13.9. The molecular formula is C61H51N. The monoisotopic (exact) mass is 797 g/mol. The highest BCUT2D eigenvalue weighted by Crippen LogP contribution is 2.64. The Morgan fingerprint density at radius 2 is 0.871 bits per heavy atom. The van der Waals surface area contributed by atoms with Gasteiger partial charge in [0.1, 0.15) is 0 Å². The summed E-state index contributed by atoms with van der Waals surface area (Å²) in [6.45, 7) is 4.50. The topological polar surface area (TPSA) is 3.24 Å². The van der Waals surface area contributed by atoms with E-state index in [1.54, 1.807) is 5.56 Å². The molecule has 300 valence electrons. The molecule has 1 nitrogen and oxygen atoms in total. The first-order valence-corrected chi connectivity index (χ1v) is 23.1. The van der Waals surface area contributed by atoms with Crippen molar-refractivity contribution < 1.29 is 0 Å². The van der Waals surface area contributed by atoms with Crippen LogP contribution in [0.3, 0.4) is 0 Å². The number of benzene rings is 8. The van der Waals surface area contributed by atoms with E-state index in [2.05, 4.69) is 201 Å². The minimum Gasteiger partial charge on any atom is -0.310 e. The van der Waals surface area contributed by atoms with Crippen molar-refractivity contribution in [2.24, 2.45) is 17.8 Å². The number of rotatable bonds is 6. The maximum atomic E-state index is 2.57. The maximum absolute atomic E-state index is 2.57. The van der Waals surface area contributed by atoms with Gasteiger partial charge in [-0.05, 0) is 173 Å². The van der Waals surface area contributed by atoms with Gasteiger partial charge in [-0.3, -0.25) is 0 Å². The fraction of sp³-hybridized carbons (Fsp3) is 0.213. The molecule has 62 heavy (non-hydrogen) atoms. The lowest BCUT2D eigenvalue weighted by atomic mass is 9.48. The van der Waals surface area contributed by atoms with Gasteiger partial charge in [0.05, 0.1) is 11.1 Å². The average Bonchev–Trinajstić information content (AvgIpc) is 3.75. The zero-order valence-corrected chi connectivity index (χ0v) is 35.7. The summed E-state index contributed by atoms with van der Waals surface area (Å²) < 4.78 is 0. The predicted octanol–water partition coefficient (Wildman–Crippen LogP) is 15.9. The van der Waals surface area contributed by atoms with E-state index in [-0.39, 0.29) is 0 Å². The SMILES string of the molecule is Cc1ccc2c(c1)C1(c3ccccc3-c3ccc(N(c4ccc(C56CC7CC(CC(C7)C5)C6)cc4)c4ccccc4-c4ccccc4-c4ccccc4)cc31)c1cc(C)ccc1-2. The minimum atomic E-state index is -0.432. The molecule has 4 bridgehead atoms. The molecule has 0 aromatic heterocycles. The summed E-state index contributed by atoms with van der Waals surface area (Å²) in [6.07, 6.45) is 8.50. The third-order valence-electron chi connectivity index (χ3n) is 16.0. The molecule has 0 radical (unpaired) electrons. The van der Waals surface area contributed by atoms with Gasteiger partial charge in [-0.15, -0.1) is 0 Å². The van der Waals surface area contributed by atoms with Gasteiger partial charge >= 0.3 is 0 Å². The van der Waals surface area contributed by atoms with E-state index in [9.17, 15) is 0 Å². The van der Waals surface area contributed by atoms with E-state index in [1.165, 1.54) is 133 Å². The molecule has 1 heteroatoms. The molecule has 0 saturated heterocycles. The van der Waals surface area contributed by atoms with Crippen LogP contribution < -0.4 is 4.90 Å². The fourth-order valence-corrected chi connectivity index (χ4v) is 13.9. The standard InChI is InChI=1S/C61H51N/c1-39-20-27-51-52-28-21-40(2)31-57(52)61(56(51)30-39)55-18-10-8-16-50(55)53-29-26-47(35-58(53)61)62(46-24-22-45(23-25-46)60-36-41-32-42(37-60)34-43(33-41)38-60)59-19-11-9-17-54(59)49-15-7-6-14-48(49)44-12-4-3-5-13-44/h3-31,35,41-43H,32-34,36-38H2,1-2H3. The highest BCUT2D eigenvalue weighted by Gasteiger charge is 2.53. The van der Waals surface area contributed by atoms with Crippen molar-refractivity contribution in [3.05, 3.63) is 221 Å². The molecule has 4 fully saturated rings. The van der Waals surface area contributed by atoms with Crippen molar-refractivity contribution in [2.75, 3.05) is 4.90 Å². The predicted molar refractivity (Wildman–Crippen MR) is 258 cm³/mol. The van der Waals surface area contributed by atoms with E-state index in [4.69, 9.17) is 0 Å². The Hall–Kier alpha value is -6.44. The normalized spacial score (nSPS) is 21.7. The highest BCUT2D eigenvalue weighted by molar-refractivity contribution is 5.98. The molecule has 4 saturated carbocycles. The van der Waals surface area contributed by atoms with E-state index in [0.717, 1.165) is 17.8 Å². The van der Waals surface area contributed by atoms with Crippen molar-refractivity contribution in [3.63, 3.8) is 0 Å². The van der Waals surface area contributed by atoms with Gasteiger partial charge in [0.2, 0.25) is 0 Å². The Labute approximate surface area is 366 Å². The van der Waals surface area contributed by atoms with Crippen LogP contribution in [0.25, 0.3) is 44.5 Å². The smallest absolute Gasteiger partial charge is 0.0726 e. The van der Waals surface area contributed by atoms with Crippen molar-refractivity contribution in [2.45, 2.75) is 63.2 Å². The Morgan fingerprint density at radius 3 is 1.52 bits per heavy atom. The lowest BCUT2D eigenvalue weighted by Crippen LogP contribution is -2.48. The Bertz CT molecular complexity index is 2990. The Kier molecular flexibility index (Phi) is 7.91.